The summed E-state index contributed by atoms with van der Waals surface area (Å²) < 4.78 is 5.09. The molecule has 1 aromatic carbocycles. The summed E-state index contributed by atoms with van der Waals surface area (Å²) in [5, 5.41) is 0. The van der Waals surface area contributed by atoms with Crippen molar-refractivity contribution in [1.29, 1.82) is 0 Å². The first-order valence-corrected chi connectivity index (χ1v) is 5.82. The first-order valence-electron chi connectivity index (χ1n) is 5.82. The summed E-state index contributed by atoms with van der Waals surface area (Å²) >= 11 is 0. The minimum absolute atomic E-state index is 0.0229. The molecule has 0 saturated heterocycles. The molecule has 0 heterocycles. The summed E-state index contributed by atoms with van der Waals surface area (Å²) in [6.07, 6.45) is 7.70. The van der Waals surface area contributed by atoms with E-state index in [1.165, 1.54) is 6.08 Å². The number of esters is 1. The molecule has 2 heteroatoms. The third-order valence-electron chi connectivity index (χ3n) is 2.32. The summed E-state index contributed by atoms with van der Waals surface area (Å²) in [4.78, 5) is 11.3. The van der Waals surface area contributed by atoms with Crippen molar-refractivity contribution in [3.63, 3.8) is 0 Å². The smallest absolute Gasteiger partial charge is 0.331 e. The monoisotopic (exact) mass is 230 g/mol. The van der Waals surface area contributed by atoms with Crippen LogP contribution in [0.4, 0.5) is 0 Å². The molecule has 0 aliphatic heterocycles. The van der Waals surface area contributed by atoms with Crippen LogP contribution < -0.4 is 0 Å². The van der Waals surface area contributed by atoms with E-state index in [1.807, 2.05) is 56.3 Å². The topological polar surface area (TPSA) is 26.3 Å². The van der Waals surface area contributed by atoms with Crippen molar-refractivity contribution in [2.75, 3.05) is 0 Å². The molecular formula is C15H18O2. The molecule has 0 aliphatic rings. The number of carbonyl (C=O) groups is 1. The van der Waals surface area contributed by atoms with Crippen molar-refractivity contribution < 1.29 is 9.53 Å². The maximum Gasteiger partial charge on any atom is 0.331 e. The summed E-state index contributed by atoms with van der Waals surface area (Å²) in [6.45, 7) is 3.86. The van der Waals surface area contributed by atoms with Crippen LogP contribution in [0.15, 0.2) is 48.6 Å². The van der Waals surface area contributed by atoms with Gasteiger partial charge < -0.3 is 4.74 Å². The number of allylic oxidation sites excluding steroid dienone is 2. The Hall–Kier alpha value is -1.83. The third kappa shape index (κ3) is 5.71. The van der Waals surface area contributed by atoms with E-state index in [2.05, 4.69) is 0 Å². The Balaban J connectivity index is 2.40. The van der Waals surface area contributed by atoms with Crippen molar-refractivity contribution in [3.8, 4) is 0 Å². The molecule has 1 unspecified atom stereocenters. The Labute approximate surface area is 103 Å². The lowest BCUT2D eigenvalue weighted by Gasteiger charge is -2.07. The quantitative estimate of drug-likeness (QED) is 0.439. The maximum absolute atomic E-state index is 11.3. The Bertz CT molecular complexity index is 391. The highest BCUT2D eigenvalue weighted by atomic mass is 16.5. The van der Waals surface area contributed by atoms with E-state index in [0.717, 1.165) is 12.0 Å². The SMILES string of the molecule is CCC(C)OC(=O)/C=C/C=C/c1ccccc1. The molecule has 0 aromatic heterocycles. The predicted octanol–water partition coefficient (Wildman–Crippen LogP) is 3.60. The second-order valence-electron chi connectivity index (χ2n) is 3.78. The van der Waals surface area contributed by atoms with Crippen LogP contribution in [-0.2, 0) is 9.53 Å². The Morgan fingerprint density at radius 2 is 2.00 bits per heavy atom. The number of hydrogen-bond acceptors (Lipinski definition) is 2. The third-order valence-corrected chi connectivity index (χ3v) is 2.32. The van der Waals surface area contributed by atoms with Crippen molar-refractivity contribution in [1.82, 2.24) is 0 Å². The first kappa shape index (κ1) is 13.2. The van der Waals surface area contributed by atoms with Crippen molar-refractivity contribution >= 4 is 12.0 Å². The van der Waals surface area contributed by atoms with Gasteiger partial charge in [0.15, 0.2) is 0 Å². The van der Waals surface area contributed by atoms with Gasteiger partial charge in [-0.15, -0.1) is 0 Å². The largest absolute Gasteiger partial charge is 0.460 e. The number of rotatable bonds is 5. The molecule has 0 amide bonds. The van der Waals surface area contributed by atoms with Crippen LogP contribution in [0.2, 0.25) is 0 Å². The molecular weight excluding hydrogens is 212 g/mol. The fraction of sp³-hybridized carbons (Fsp3) is 0.267. The van der Waals surface area contributed by atoms with Gasteiger partial charge in [-0.25, -0.2) is 4.79 Å². The average Bonchev–Trinajstić information content (AvgIpc) is 2.36. The fourth-order valence-electron chi connectivity index (χ4n) is 1.19. The Morgan fingerprint density at radius 1 is 1.29 bits per heavy atom. The number of carbonyl (C=O) groups excluding carboxylic acids is 1. The highest BCUT2D eigenvalue weighted by molar-refractivity contribution is 5.82. The summed E-state index contributed by atoms with van der Waals surface area (Å²) in [5.41, 5.74) is 1.10. The van der Waals surface area contributed by atoms with Gasteiger partial charge in [0.1, 0.15) is 0 Å². The van der Waals surface area contributed by atoms with Gasteiger partial charge in [-0.05, 0) is 18.9 Å². The molecule has 1 atom stereocenters. The lowest BCUT2D eigenvalue weighted by atomic mass is 10.2. The highest BCUT2D eigenvalue weighted by Gasteiger charge is 2.02. The van der Waals surface area contributed by atoms with Gasteiger partial charge >= 0.3 is 5.97 Å². The average molecular weight is 230 g/mol. The van der Waals surface area contributed by atoms with E-state index in [1.54, 1.807) is 6.08 Å². The zero-order valence-corrected chi connectivity index (χ0v) is 10.3. The molecule has 0 aliphatic carbocycles. The number of ether oxygens (including phenoxy) is 1. The lowest BCUT2D eigenvalue weighted by molar-refractivity contribution is -0.142. The summed E-state index contributed by atoms with van der Waals surface area (Å²) in [5.74, 6) is -0.294. The highest BCUT2D eigenvalue weighted by Crippen LogP contribution is 2.01. The van der Waals surface area contributed by atoms with Crippen LogP contribution in [0.5, 0.6) is 0 Å². The molecule has 17 heavy (non-hydrogen) atoms. The first-order chi connectivity index (χ1) is 8.22. The standard InChI is InChI=1S/C15H18O2/c1-3-13(2)17-15(16)12-8-7-11-14-9-5-4-6-10-14/h4-13H,3H2,1-2H3/b11-7+,12-8+. The second-order valence-corrected chi connectivity index (χ2v) is 3.78. The van der Waals surface area contributed by atoms with Gasteiger partial charge in [-0.1, -0.05) is 55.5 Å². The normalized spacial score (nSPS) is 13.1. The molecule has 2 nitrogen and oxygen atoms in total. The van der Waals surface area contributed by atoms with E-state index in [4.69, 9.17) is 4.74 Å². The van der Waals surface area contributed by atoms with Gasteiger partial charge in [0.05, 0.1) is 6.10 Å². The van der Waals surface area contributed by atoms with Gasteiger partial charge in [0.2, 0.25) is 0 Å². The van der Waals surface area contributed by atoms with Crippen LogP contribution in [0, 0.1) is 0 Å². The minimum Gasteiger partial charge on any atom is -0.460 e. The van der Waals surface area contributed by atoms with Gasteiger partial charge in [-0.3, -0.25) is 0 Å². The maximum atomic E-state index is 11.3. The zero-order valence-electron chi connectivity index (χ0n) is 10.3. The van der Waals surface area contributed by atoms with Gasteiger partial charge in [-0.2, -0.15) is 0 Å². The minimum atomic E-state index is -0.294. The molecule has 1 rings (SSSR count). The van der Waals surface area contributed by atoms with Gasteiger partial charge in [0.25, 0.3) is 0 Å². The number of benzene rings is 1. The van der Waals surface area contributed by atoms with Crippen LogP contribution in [0.25, 0.3) is 6.08 Å². The van der Waals surface area contributed by atoms with Crippen LogP contribution in [-0.4, -0.2) is 12.1 Å². The Kier molecular flexibility index (Phi) is 5.80. The van der Waals surface area contributed by atoms with E-state index >= 15 is 0 Å². The molecule has 0 N–H and O–H groups in total. The molecule has 0 fully saturated rings. The van der Waals surface area contributed by atoms with E-state index in [0.29, 0.717) is 0 Å². The lowest BCUT2D eigenvalue weighted by Crippen LogP contribution is -2.11. The predicted molar refractivity (Wildman–Crippen MR) is 70.5 cm³/mol. The number of hydrogen-bond donors (Lipinski definition) is 0. The molecule has 0 bridgehead atoms. The van der Waals surface area contributed by atoms with Crippen molar-refractivity contribution in [2.45, 2.75) is 26.4 Å². The van der Waals surface area contributed by atoms with Crippen molar-refractivity contribution in [3.05, 3.63) is 54.1 Å². The Morgan fingerprint density at radius 3 is 2.65 bits per heavy atom. The van der Waals surface area contributed by atoms with Gasteiger partial charge in [0, 0.05) is 6.08 Å². The molecule has 0 radical (unpaired) electrons. The van der Waals surface area contributed by atoms with E-state index in [9.17, 15) is 4.79 Å². The summed E-state index contributed by atoms with van der Waals surface area (Å²) in [7, 11) is 0. The van der Waals surface area contributed by atoms with Crippen LogP contribution in [0.1, 0.15) is 25.8 Å². The summed E-state index contributed by atoms with van der Waals surface area (Å²) in [6, 6.07) is 9.92. The fourth-order valence-corrected chi connectivity index (χ4v) is 1.19. The molecule has 0 spiro atoms. The van der Waals surface area contributed by atoms with Crippen molar-refractivity contribution in [2.24, 2.45) is 0 Å². The zero-order chi connectivity index (χ0) is 12.5. The molecule has 90 valence electrons. The van der Waals surface area contributed by atoms with E-state index in [-0.39, 0.29) is 12.1 Å². The van der Waals surface area contributed by atoms with E-state index < -0.39 is 0 Å². The second kappa shape index (κ2) is 7.44. The molecule has 0 saturated carbocycles. The molecule has 1 aromatic rings. The van der Waals surface area contributed by atoms with Crippen LogP contribution in [0.3, 0.4) is 0 Å². The van der Waals surface area contributed by atoms with Crippen LogP contribution >= 0.6 is 0 Å².